The molecule has 6 nitrogen and oxygen atoms in total. The molecule has 1 aromatic carbocycles. The van der Waals surface area contributed by atoms with Crippen molar-refractivity contribution in [3.05, 3.63) is 48.8 Å². The normalized spacial score (nSPS) is 17.3. The van der Waals surface area contributed by atoms with Crippen molar-refractivity contribution in [2.45, 2.75) is 19.4 Å². The average molecular weight is 330 g/mol. The van der Waals surface area contributed by atoms with Gasteiger partial charge in [-0.2, -0.15) is 0 Å². The Morgan fingerprint density at radius 3 is 2.96 bits per heavy atom. The number of carbonyl (C=O) groups is 2. The maximum Gasteiger partial charge on any atom is 0.227 e. The molecule has 1 aromatic heterocycles. The van der Waals surface area contributed by atoms with Crippen LogP contribution in [0.25, 0.3) is 0 Å². The van der Waals surface area contributed by atoms with Crippen molar-refractivity contribution >= 4 is 17.5 Å². The van der Waals surface area contributed by atoms with Crippen LogP contribution in [0.3, 0.4) is 0 Å². The van der Waals surface area contributed by atoms with E-state index < -0.39 is 11.7 Å². The largest absolute Gasteiger partial charge is 0.356 e. The van der Waals surface area contributed by atoms with E-state index in [-0.39, 0.29) is 30.5 Å². The summed E-state index contributed by atoms with van der Waals surface area (Å²) in [6.45, 7) is 1.51. The Kier molecular flexibility index (Phi) is 4.88. The number of anilines is 1. The summed E-state index contributed by atoms with van der Waals surface area (Å²) in [5, 5.41) is 2.85. The van der Waals surface area contributed by atoms with Gasteiger partial charge in [0.15, 0.2) is 0 Å². The van der Waals surface area contributed by atoms with Crippen molar-refractivity contribution in [1.82, 2.24) is 14.9 Å². The van der Waals surface area contributed by atoms with Crippen molar-refractivity contribution in [3.63, 3.8) is 0 Å². The minimum atomic E-state index is -0.452. The molecule has 2 amide bonds. The van der Waals surface area contributed by atoms with Gasteiger partial charge in [-0.1, -0.05) is 12.1 Å². The number of carbonyl (C=O) groups excluding carboxylic acids is 2. The number of hydrogen-bond donors (Lipinski definition) is 1. The number of nitrogens with one attached hydrogen (secondary N) is 1. The standard InChI is InChI=1S/C17H19FN4O2/c18-14-4-1-2-5-15(14)22-11-13(10-16(22)23)17(24)20-6-3-8-21-9-7-19-12-21/h1-2,4-5,7,9,12-13H,3,6,8,10-11H2,(H,20,24)/t13-/m1/s1. The van der Waals surface area contributed by atoms with Crippen LogP contribution in [-0.2, 0) is 16.1 Å². The number of imidazole rings is 1. The van der Waals surface area contributed by atoms with Gasteiger partial charge in [0.05, 0.1) is 17.9 Å². The molecule has 0 unspecified atom stereocenters. The molecule has 1 aliphatic heterocycles. The number of hydrogen-bond acceptors (Lipinski definition) is 3. The molecule has 1 saturated heterocycles. The number of benzene rings is 1. The fraction of sp³-hybridized carbons (Fsp3) is 0.353. The maximum atomic E-state index is 13.8. The van der Waals surface area contributed by atoms with Crippen LogP contribution in [0.2, 0.25) is 0 Å². The third-order valence-electron chi connectivity index (χ3n) is 4.09. The summed E-state index contributed by atoms with van der Waals surface area (Å²) in [7, 11) is 0. The Labute approximate surface area is 139 Å². The van der Waals surface area contributed by atoms with Crippen LogP contribution in [-0.4, -0.2) is 34.5 Å². The van der Waals surface area contributed by atoms with E-state index in [2.05, 4.69) is 10.3 Å². The molecule has 3 rings (SSSR count). The van der Waals surface area contributed by atoms with Crippen LogP contribution in [0.1, 0.15) is 12.8 Å². The van der Waals surface area contributed by atoms with Gasteiger partial charge in [0.25, 0.3) is 0 Å². The first-order valence-corrected chi connectivity index (χ1v) is 7.93. The quantitative estimate of drug-likeness (QED) is 0.818. The SMILES string of the molecule is O=C(NCCCn1ccnc1)[C@@H]1CC(=O)N(c2ccccc2F)C1. The van der Waals surface area contributed by atoms with Crippen molar-refractivity contribution < 1.29 is 14.0 Å². The van der Waals surface area contributed by atoms with E-state index in [0.717, 1.165) is 13.0 Å². The minimum absolute atomic E-state index is 0.113. The predicted molar refractivity (Wildman–Crippen MR) is 86.7 cm³/mol. The van der Waals surface area contributed by atoms with Gasteiger partial charge < -0.3 is 14.8 Å². The summed E-state index contributed by atoms with van der Waals surface area (Å²) in [5.41, 5.74) is 0.234. The lowest BCUT2D eigenvalue weighted by atomic mass is 10.1. The van der Waals surface area contributed by atoms with E-state index in [1.54, 1.807) is 30.7 Å². The molecule has 1 atom stereocenters. The van der Waals surface area contributed by atoms with Crippen molar-refractivity contribution in [1.29, 1.82) is 0 Å². The minimum Gasteiger partial charge on any atom is -0.356 e. The molecule has 126 valence electrons. The summed E-state index contributed by atoms with van der Waals surface area (Å²) in [6.07, 6.45) is 6.19. The molecular weight excluding hydrogens is 311 g/mol. The Balaban J connectivity index is 1.50. The van der Waals surface area contributed by atoms with Crippen LogP contribution >= 0.6 is 0 Å². The lowest BCUT2D eigenvalue weighted by Gasteiger charge is -2.17. The molecule has 7 heteroatoms. The Bertz CT molecular complexity index is 717. The van der Waals surface area contributed by atoms with E-state index >= 15 is 0 Å². The smallest absolute Gasteiger partial charge is 0.227 e. The third kappa shape index (κ3) is 3.61. The Hall–Kier alpha value is -2.70. The van der Waals surface area contributed by atoms with E-state index in [1.165, 1.54) is 11.0 Å². The van der Waals surface area contributed by atoms with Crippen LogP contribution in [0.5, 0.6) is 0 Å². The van der Waals surface area contributed by atoms with Gasteiger partial charge in [0, 0.05) is 38.4 Å². The molecule has 0 bridgehead atoms. The first-order chi connectivity index (χ1) is 11.6. The zero-order valence-corrected chi connectivity index (χ0v) is 13.2. The van der Waals surface area contributed by atoms with E-state index in [9.17, 15) is 14.0 Å². The van der Waals surface area contributed by atoms with E-state index in [0.29, 0.717) is 6.54 Å². The van der Waals surface area contributed by atoms with Gasteiger partial charge in [0.2, 0.25) is 11.8 Å². The van der Waals surface area contributed by atoms with Crippen molar-refractivity contribution in [2.75, 3.05) is 18.0 Å². The Morgan fingerprint density at radius 1 is 1.38 bits per heavy atom. The number of para-hydroxylation sites is 1. The van der Waals surface area contributed by atoms with E-state index in [4.69, 9.17) is 0 Å². The van der Waals surface area contributed by atoms with Crippen molar-refractivity contribution in [3.8, 4) is 0 Å². The lowest BCUT2D eigenvalue weighted by Crippen LogP contribution is -2.34. The fourth-order valence-electron chi connectivity index (χ4n) is 2.82. The molecule has 1 aliphatic rings. The second-order valence-electron chi connectivity index (χ2n) is 5.80. The second-order valence-corrected chi connectivity index (χ2v) is 5.80. The lowest BCUT2D eigenvalue weighted by molar-refractivity contribution is -0.126. The first kappa shape index (κ1) is 16.2. The maximum absolute atomic E-state index is 13.8. The summed E-state index contributed by atoms with van der Waals surface area (Å²) in [5.74, 6) is -1.27. The average Bonchev–Trinajstić information content (AvgIpc) is 3.22. The van der Waals surface area contributed by atoms with Crippen molar-refractivity contribution in [2.24, 2.45) is 5.92 Å². The monoisotopic (exact) mass is 330 g/mol. The van der Waals surface area contributed by atoms with Crippen LogP contribution in [0.15, 0.2) is 43.0 Å². The first-order valence-electron chi connectivity index (χ1n) is 7.93. The van der Waals surface area contributed by atoms with Gasteiger partial charge in [-0.15, -0.1) is 0 Å². The summed E-state index contributed by atoms with van der Waals surface area (Å²) in [4.78, 5) is 29.6. The number of aromatic nitrogens is 2. The number of halogens is 1. The summed E-state index contributed by atoms with van der Waals surface area (Å²) < 4.78 is 15.8. The van der Waals surface area contributed by atoms with Crippen LogP contribution in [0, 0.1) is 11.7 Å². The molecule has 1 N–H and O–H groups in total. The topological polar surface area (TPSA) is 67.2 Å². The van der Waals surface area contributed by atoms with E-state index in [1.807, 2.05) is 10.8 Å². The van der Waals surface area contributed by atoms with Gasteiger partial charge in [-0.3, -0.25) is 9.59 Å². The molecule has 0 saturated carbocycles. The molecule has 1 fully saturated rings. The van der Waals surface area contributed by atoms with Gasteiger partial charge in [0.1, 0.15) is 5.82 Å². The predicted octanol–water partition coefficient (Wildman–Crippen LogP) is 1.58. The molecule has 0 aliphatic carbocycles. The van der Waals surface area contributed by atoms with Gasteiger partial charge >= 0.3 is 0 Å². The second kappa shape index (κ2) is 7.25. The zero-order valence-electron chi connectivity index (χ0n) is 13.2. The summed E-state index contributed by atoms with van der Waals surface area (Å²) in [6, 6.07) is 6.11. The summed E-state index contributed by atoms with van der Waals surface area (Å²) >= 11 is 0. The molecular formula is C17H19FN4O2. The highest BCUT2D eigenvalue weighted by Crippen LogP contribution is 2.27. The highest BCUT2D eigenvalue weighted by molar-refractivity contribution is 6.00. The Morgan fingerprint density at radius 2 is 2.21 bits per heavy atom. The van der Waals surface area contributed by atoms with Gasteiger partial charge in [-0.05, 0) is 18.6 Å². The highest BCUT2D eigenvalue weighted by Gasteiger charge is 2.35. The molecule has 0 radical (unpaired) electrons. The number of amides is 2. The molecule has 24 heavy (non-hydrogen) atoms. The third-order valence-corrected chi connectivity index (χ3v) is 4.09. The number of nitrogens with zero attached hydrogens (tertiary/aromatic N) is 3. The van der Waals surface area contributed by atoms with Gasteiger partial charge in [-0.25, -0.2) is 9.37 Å². The highest BCUT2D eigenvalue weighted by atomic mass is 19.1. The number of aryl methyl sites for hydroxylation is 1. The molecule has 0 spiro atoms. The zero-order chi connectivity index (χ0) is 16.9. The van der Waals surface area contributed by atoms with Crippen LogP contribution in [0.4, 0.5) is 10.1 Å². The number of rotatable bonds is 6. The molecule has 2 heterocycles. The van der Waals surface area contributed by atoms with Crippen LogP contribution < -0.4 is 10.2 Å². The molecule has 2 aromatic rings. The fourth-order valence-corrected chi connectivity index (χ4v) is 2.82.